The topological polar surface area (TPSA) is 35.5 Å². The molecular formula is C13H19ClO3. The lowest BCUT2D eigenvalue weighted by atomic mass is 10.2. The highest BCUT2D eigenvalue weighted by Crippen LogP contribution is 2.07. The van der Waals surface area contributed by atoms with E-state index < -0.39 is 0 Å². The van der Waals surface area contributed by atoms with E-state index in [0.717, 1.165) is 6.42 Å². The molecule has 0 aliphatic heterocycles. The van der Waals surface area contributed by atoms with Crippen molar-refractivity contribution in [1.29, 1.82) is 0 Å². The Kier molecular flexibility index (Phi) is 9.25. The Bertz CT molecular complexity index is 306. The molecule has 4 heteroatoms. The van der Waals surface area contributed by atoms with Crippen LogP contribution in [0.15, 0.2) is 36.3 Å². The average molecular weight is 259 g/mol. The molecule has 0 aliphatic rings. The molecule has 0 unspecified atom stereocenters. The van der Waals surface area contributed by atoms with Crippen LogP contribution in [0.2, 0.25) is 0 Å². The molecule has 0 radical (unpaired) electrons. The molecule has 0 amide bonds. The molecule has 17 heavy (non-hydrogen) atoms. The van der Waals surface area contributed by atoms with Crippen LogP contribution >= 0.6 is 11.6 Å². The van der Waals surface area contributed by atoms with E-state index in [0.29, 0.717) is 30.4 Å². The number of halogens is 1. The van der Waals surface area contributed by atoms with Gasteiger partial charge < -0.3 is 9.47 Å². The van der Waals surface area contributed by atoms with E-state index in [1.807, 2.05) is 0 Å². The zero-order valence-corrected chi connectivity index (χ0v) is 11.1. The van der Waals surface area contributed by atoms with E-state index in [1.54, 1.807) is 18.2 Å². The summed E-state index contributed by atoms with van der Waals surface area (Å²) in [6, 6.07) is 0. The molecule has 3 nitrogen and oxygen atoms in total. The van der Waals surface area contributed by atoms with Crippen molar-refractivity contribution in [2.75, 3.05) is 19.6 Å². The first-order valence-corrected chi connectivity index (χ1v) is 5.93. The number of allylic oxidation sites excluding steroid dienone is 3. The first-order valence-electron chi connectivity index (χ1n) is 5.39. The van der Waals surface area contributed by atoms with Crippen molar-refractivity contribution in [2.45, 2.75) is 19.8 Å². The van der Waals surface area contributed by atoms with Crippen LogP contribution in [0.1, 0.15) is 19.8 Å². The monoisotopic (exact) mass is 258 g/mol. The lowest BCUT2D eigenvalue weighted by Gasteiger charge is -2.06. The van der Waals surface area contributed by atoms with Crippen molar-refractivity contribution in [2.24, 2.45) is 0 Å². The summed E-state index contributed by atoms with van der Waals surface area (Å²) in [5.41, 5.74) is 0. The summed E-state index contributed by atoms with van der Waals surface area (Å²) in [5, 5.41) is 0. The molecule has 0 atom stereocenters. The second kappa shape index (κ2) is 9.97. The zero-order chi connectivity index (χ0) is 13.1. The molecule has 96 valence electrons. The van der Waals surface area contributed by atoms with E-state index in [4.69, 9.17) is 21.1 Å². The van der Waals surface area contributed by atoms with Gasteiger partial charge in [0, 0.05) is 18.4 Å². The molecule has 0 spiro atoms. The number of alkyl halides is 1. The molecule has 0 bridgehead atoms. The predicted octanol–water partition coefficient (Wildman–Crippen LogP) is 3.21. The van der Waals surface area contributed by atoms with Crippen LogP contribution in [0.3, 0.4) is 0 Å². The number of hydrogen-bond acceptors (Lipinski definition) is 3. The number of carbonyl (C=O) groups excluding carboxylic acids is 1. The number of methoxy groups -OCH3 is 1. The number of Topliss-reactive ketones (excluding diaryl/α,β-unsaturated/α-hetero) is 1. The van der Waals surface area contributed by atoms with E-state index in [-0.39, 0.29) is 5.78 Å². The quantitative estimate of drug-likeness (QED) is 0.276. The van der Waals surface area contributed by atoms with Crippen molar-refractivity contribution in [1.82, 2.24) is 0 Å². The smallest absolute Gasteiger partial charge is 0.133 e. The summed E-state index contributed by atoms with van der Waals surface area (Å²) < 4.78 is 10.4. The van der Waals surface area contributed by atoms with Gasteiger partial charge in [-0.05, 0) is 19.4 Å². The van der Waals surface area contributed by atoms with Crippen molar-refractivity contribution in [3.8, 4) is 0 Å². The third-order valence-electron chi connectivity index (χ3n) is 1.80. The van der Waals surface area contributed by atoms with Gasteiger partial charge in [-0.3, -0.25) is 4.79 Å². The Morgan fingerprint density at radius 2 is 2.18 bits per heavy atom. The summed E-state index contributed by atoms with van der Waals surface area (Å²) in [4.78, 5) is 10.8. The molecule has 0 aromatic carbocycles. The summed E-state index contributed by atoms with van der Waals surface area (Å²) >= 11 is 5.56. The maximum absolute atomic E-state index is 10.8. The maximum atomic E-state index is 10.8. The fourth-order valence-corrected chi connectivity index (χ4v) is 1.05. The van der Waals surface area contributed by atoms with Crippen LogP contribution in [0.5, 0.6) is 0 Å². The van der Waals surface area contributed by atoms with Gasteiger partial charge in [-0.1, -0.05) is 12.7 Å². The van der Waals surface area contributed by atoms with Crippen LogP contribution < -0.4 is 0 Å². The van der Waals surface area contributed by atoms with Crippen molar-refractivity contribution in [3.05, 3.63) is 36.3 Å². The second-order valence-corrected chi connectivity index (χ2v) is 3.79. The van der Waals surface area contributed by atoms with Crippen LogP contribution in [0.25, 0.3) is 0 Å². The van der Waals surface area contributed by atoms with Crippen LogP contribution in [0.4, 0.5) is 0 Å². The van der Waals surface area contributed by atoms with Crippen LogP contribution in [0, 0.1) is 0 Å². The largest absolute Gasteiger partial charge is 0.497 e. The van der Waals surface area contributed by atoms with E-state index in [9.17, 15) is 4.79 Å². The molecule has 0 N–H and O–H groups in total. The Balaban J connectivity index is 4.39. The Morgan fingerprint density at radius 1 is 1.47 bits per heavy atom. The molecule has 0 heterocycles. The fourth-order valence-electron chi connectivity index (χ4n) is 0.941. The summed E-state index contributed by atoms with van der Waals surface area (Å²) in [6.45, 7) is 5.74. The Morgan fingerprint density at radius 3 is 2.71 bits per heavy atom. The van der Waals surface area contributed by atoms with Gasteiger partial charge in [0.2, 0.25) is 0 Å². The van der Waals surface area contributed by atoms with Crippen LogP contribution in [-0.4, -0.2) is 25.4 Å². The second-order valence-electron chi connectivity index (χ2n) is 3.42. The van der Waals surface area contributed by atoms with Crippen molar-refractivity contribution in [3.63, 3.8) is 0 Å². The van der Waals surface area contributed by atoms with Gasteiger partial charge in [0.1, 0.15) is 17.3 Å². The van der Waals surface area contributed by atoms with E-state index in [2.05, 4.69) is 6.58 Å². The predicted molar refractivity (Wildman–Crippen MR) is 70.0 cm³/mol. The molecule has 0 rings (SSSR count). The van der Waals surface area contributed by atoms with E-state index in [1.165, 1.54) is 14.0 Å². The normalized spacial score (nSPS) is 11.6. The summed E-state index contributed by atoms with van der Waals surface area (Å²) in [6.07, 6.45) is 6.30. The fraction of sp³-hybridized carbons (Fsp3) is 0.462. The van der Waals surface area contributed by atoms with Gasteiger partial charge in [0.25, 0.3) is 0 Å². The number of rotatable bonds is 9. The number of ether oxygens (including phenoxy) is 2. The first-order chi connectivity index (χ1) is 8.10. The lowest BCUT2D eigenvalue weighted by Crippen LogP contribution is -1.95. The molecule has 0 saturated heterocycles. The number of carbonyl (C=O) groups is 1. The van der Waals surface area contributed by atoms with Gasteiger partial charge in [0.05, 0.1) is 13.7 Å². The number of ketones is 1. The standard InChI is InChI=1S/C13H19ClO3/c1-11(15)6-4-7-13(10-12(2)16-3)17-9-5-8-14/h4,7,10H,2,5-6,8-9H2,1,3H3/b7-4-,13-10+. The maximum Gasteiger partial charge on any atom is 0.133 e. The zero-order valence-electron chi connectivity index (χ0n) is 10.4. The minimum atomic E-state index is 0.104. The van der Waals surface area contributed by atoms with E-state index >= 15 is 0 Å². The van der Waals surface area contributed by atoms with Gasteiger partial charge in [0.15, 0.2) is 0 Å². The first kappa shape index (κ1) is 15.8. The Hall–Kier alpha value is -1.22. The van der Waals surface area contributed by atoms with Crippen molar-refractivity contribution >= 4 is 17.4 Å². The minimum Gasteiger partial charge on any atom is -0.497 e. The average Bonchev–Trinajstić information content (AvgIpc) is 2.28. The van der Waals surface area contributed by atoms with Gasteiger partial charge in [-0.15, -0.1) is 11.6 Å². The highest BCUT2D eigenvalue weighted by Gasteiger charge is 1.96. The lowest BCUT2D eigenvalue weighted by molar-refractivity contribution is -0.116. The summed E-state index contributed by atoms with van der Waals surface area (Å²) in [5.74, 6) is 1.77. The van der Waals surface area contributed by atoms with Crippen LogP contribution in [-0.2, 0) is 14.3 Å². The highest BCUT2D eigenvalue weighted by atomic mass is 35.5. The Labute approximate surface area is 108 Å². The van der Waals surface area contributed by atoms with Gasteiger partial charge in [-0.25, -0.2) is 0 Å². The molecule has 0 aliphatic carbocycles. The summed E-state index contributed by atoms with van der Waals surface area (Å²) in [7, 11) is 1.54. The van der Waals surface area contributed by atoms with Gasteiger partial charge in [-0.2, -0.15) is 0 Å². The molecular weight excluding hydrogens is 240 g/mol. The van der Waals surface area contributed by atoms with Crippen molar-refractivity contribution < 1.29 is 14.3 Å². The van der Waals surface area contributed by atoms with Gasteiger partial charge >= 0.3 is 0 Å². The SMILES string of the molecule is C=C(/C=C(\C=C/CC(C)=O)OCCCCl)OC. The molecule has 0 aromatic heterocycles. The molecule has 0 fully saturated rings. The third-order valence-corrected chi connectivity index (χ3v) is 2.07. The minimum absolute atomic E-state index is 0.104. The third kappa shape index (κ3) is 9.69. The highest BCUT2D eigenvalue weighted by molar-refractivity contribution is 6.17. The molecule has 0 saturated carbocycles. The molecule has 0 aromatic rings. The number of hydrogen-bond donors (Lipinski definition) is 0.